The van der Waals surface area contributed by atoms with Crippen molar-refractivity contribution in [3.8, 4) is 5.75 Å². The highest BCUT2D eigenvalue weighted by molar-refractivity contribution is 7.98. The van der Waals surface area contributed by atoms with Crippen molar-refractivity contribution in [3.63, 3.8) is 0 Å². The predicted molar refractivity (Wildman–Crippen MR) is 136 cm³/mol. The topological polar surface area (TPSA) is 61.8 Å². The first kappa shape index (κ1) is 26.6. The number of rotatable bonds is 14. The van der Waals surface area contributed by atoms with Crippen molar-refractivity contribution in [2.24, 2.45) is 5.92 Å². The standard InChI is InChI=1S/C25H36N2O3S2/c1-5-15-27(32-22-13-11-21(30-3)12-14-22)17-24(28)23(16-20-9-7-6-8-10-20)26-25(29)19(2)18-31-4/h6-14,19,23-24,28H,5,15-18H2,1-4H3,(H,26,29)/t19-,23+,24-/m1/s1. The molecule has 0 saturated heterocycles. The summed E-state index contributed by atoms with van der Waals surface area (Å²) in [6, 6.07) is 17.6. The van der Waals surface area contributed by atoms with E-state index in [-0.39, 0.29) is 17.9 Å². The van der Waals surface area contributed by atoms with Crippen molar-refractivity contribution in [1.82, 2.24) is 9.62 Å². The number of benzene rings is 2. The number of nitrogens with zero attached hydrogens (tertiary/aromatic N) is 1. The van der Waals surface area contributed by atoms with E-state index in [2.05, 4.69) is 16.5 Å². The monoisotopic (exact) mass is 476 g/mol. The summed E-state index contributed by atoms with van der Waals surface area (Å²) in [4.78, 5) is 13.8. The molecule has 2 aromatic rings. The van der Waals surface area contributed by atoms with E-state index in [1.807, 2.05) is 67.8 Å². The maximum Gasteiger partial charge on any atom is 0.223 e. The molecule has 1 amide bonds. The number of aliphatic hydroxyl groups is 1. The zero-order chi connectivity index (χ0) is 23.3. The number of thioether (sulfide) groups is 1. The van der Waals surface area contributed by atoms with Gasteiger partial charge in [0.15, 0.2) is 0 Å². The Bertz CT molecular complexity index is 790. The van der Waals surface area contributed by atoms with Crippen molar-refractivity contribution in [1.29, 1.82) is 0 Å². The van der Waals surface area contributed by atoms with Gasteiger partial charge in [-0.05, 0) is 60.9 Å². The number of carbonyl (C=O) groups excluding carboxylic acids is 1. The largest absolute Gasteiger partial charge is 0.497 e. The fourth-order valence-corrected chi connectivity index (χ4v) is 5.06. The molecule has 0 unspecified atom stereocenters. The molecule has 2 N–H and O–H groups in total. The molecule has 0 saturated carbocycles. The number of nitrogens with one attached hydrogen (secondary N) is 1. The maximum atomic E-state index is 12.7. The van der Waals surface area contributed by atoms with E-state index in [9.17, 15) is 9.90 Å². The first-order chi connectivity index (χ1) is 15.5. The van der Waals surface area contributed by atoms with E-state index in [1.165, 1.54) is 0 Å². The molecule has 5 nitrogen and oxygen atoms in total. The summed E-state index contributed by atoms with van der Waals surface area (Å²) >= 11 is 3.27. The van der Waals surface area contributed by atoms with Gasteiger partial charge in [-0.2, -0.15) is 11.8 Å². The highest BCUT2D eigenvalue weighted by atomic mass is 32.2. The predicted octanol–water partition coefficient (Wildman–Crippen LogP) is 4.50. The summed E-state index contributed by atoms with van der Waals surface area (Å²) < 4.78 is 7.41. The van der Waals surface area contributed by atoms with Crippen LogP contribution in [0.1, 0.15) is 25.8 Å². The van der Waals surface area contributed by atoms with Crippen LogP contribution in [0.4, 0.5) is 0 Å². The molecular weight excluding hydrogens is 440 g/mol. The number of aliphatic hydroxyl groups excluding tert-OH is 1. The lowest BCUT2D eigenvalue weighted by Crippen LogP contribution is -2.50. The molecule has 0 bridgehead atoms. The molecular formula is C25H36N2O3S2. The van der Waals surface area contributed by atoms with Crippen molar-refractivity contribution in [2.75, 3.05) is 32.2 Å². The minimum Gasteiger partial charge on any atom is -0.497 e. The normalized spacial score (nSPS) is 14.1. The van der Waals surface area contributed by atoms with Crippen LogP contribution in [0.3, 0.4) is 0 Å². The smallest absolute Gasteiger partial charge is 0.223 e. The van der Waals surface area contributed by atoms with Crippen LogP contribution in [-0.2, 0) is 11.2 Å². The molecule has 0 spiro atoms. The van der Waals surface area contributed by atoms with Gasteiger partial charge < -0.3 is 15.2 Å². The van der Waals surface area contributed by atoms with Crippen molar-refractivity contribution < 1.29 is 14.6 Å². The molecule has 3 atom stereocenters. The van der Waals surface area contributed by atoms with Gasteiger partial charge in [-0.25, -0.2) is 4.31 Å². The highest BCUT2D eigenvalue weighted by Crippen LogP contribution is 2.26. The van der Waals surface area contributed by atoms with Crippen LogP contribution in [0, 0.1) is 5.92 Å². The number of carbonyl (C=O) groups is 1. The zero-order valence-corrected chi connectivity index (χ0v) is 21.1. The minimum atomic E-state index is -0.696. The van der Waals surface area contributed by atoms with Gasteiger partial charge in [0.2, 0.25) is 5.91 Å². The lowest BCUT2D eigenvalue weighted by Gasteiger charge is -2.30. The Kier molecular flexibility index (Phi) is 12.0. The van der Waals surface area contributed by atoms with Gasteiger partial charge in [-0.3, -0.25) is 4.79 Å². The molecule has 2 rings (SSSR count). The Morgan fingerprint density at radius 3 is 2.44 bits per heavy atom. The molecule has 2 aromatic carbocycles. The lowest BCUT2D eigenvalue weighted by atomic mass is 10.00. The number of ether oxygens (including phenoxy) is 1. The van der Waals surface area contributed by atoms with Crippen LogP contribution in [0.2, 0.25) is 0 Å². The molecule has 32 heavy (non-hydrogen) atoms. The summed E-state index contributed by atoms with van der Waals surface area (Å²) in [7, 11) is 1.66. The fraction of sp³-hybridized carbons (Fsp3) is 0.480. The first-order valence-corrected chi connectivity index (χ1v) is 13.2. The van der Waals surface area contributed by atoms with Crippen LogP contribution >= 0.6 is 23.7 Å². The molecule has 0 heterocycles. The number of methoxy groups -OCH3 is 1. The zero-order valence-electron chi connectivity index (χ0n) is 19.5. The molecule has 0 aromatic heterocycles. The van der Waals surface area contributed by atoms with Gasteiger partial charge >= 0.3 is 0 Å². The van der Waals surface area contributed by atoms with E-state index in [0.717, 1.165) is 34.9 Å². The summed E-state index contributed by atoms with van der Waals surface area (Å²) in [6.45, 7) is 5.35. The van der Waals surface area contributed by atoms with E-state index in [4.69, 9.17) is 4.74 Å². The average molecular weight is 477 g/mol. The lowest BCUT2D eigenvalue weighted by molar-refractivity contribution is -0.125. The molecule has 176 valence electrons. The number of hydrogen-bond donors (Lipinski definition) is 2. The van der Waals surface area contributed by atoms with Crippen molar-refractivity contribution in [2.45, 2.75) is 43.7 Å². The molecule has 0 fully saturated rings. The second kappa shape index (κ2) is 14.5. The second-order valence-corrected chi connectivity index (χ2v) is 9.96. The van der Waals surface area contributed by atoms with E-state index < -0.39 is 6.10 Å². The molecule has 0 radical (unpaired) electrons. The van der Waals surface area contributed by atoms with Gasteiger partial charge in [-0.1, -0.05) is 44.2 Å². The quantitative estimate of drug-likeness (QED) is 0.392. The number of hydrogen-bond acceptors (Lipinski definition) is 6. The summed E-state index contributed by atoms with van der Waals surface area (Å²) in [6.07, 6.45) is 2.86. The Labute approximate surface area is 201 Å². The van der Waals surface area contributed by atoms with Gasteiger partial charge in [-0.15, -0.1) is 0 Å². The molecule has 0 aliphatic heterocycles. The summed E-state index contributed by atoms with van der Waals surface area (Å²) in [5.74, 6) is 1.47. The van der Waals surface area contributed by atoms with E-state index in [0.29, 0.717) is 13.0 Å². The average Bonchev–Trinajstić information content (AvgIpc) is 2.80. The summed E-state index contributed by atoms with van der Waals surface area (Å²) in [5, 5.41) is 14.3. The van der Waals surface area contributed by atoms with Gasteiger partial charge in [0, 0.05) is 29.7 Å². The summed E-state index contributed by atoms with van der Waals surface area (Å²) in [5.41, 5.74) is 1.10. The van der Waals surface area contributed by atoms with Crippen molar-refractivity contribution >= 4 is 29.6 Å². The second-order valence-electron chi connectivity index (χ2n) is 7.88. The fourth-order valence-electron chi connectivity index (χ4n) is 3.35. The van der Waals surface area contributed by atoms with Crippen LogP contribution in [0.15, 0.2) is 59.5 Å². The Morgan fingerprint density at radius 2 is 1.84 bits per heavy atom. The third-order valence-corrected chi connectivity index (χ3v) is 7.02. The Hall–Kier alpha value is -1.67. The van der Waals surface area contributed by atoms with E-state index >= 15 is 0 Å². The van der Waals surface area contributed by atoms with Gasteiger partial charge in [0.1, 0.15) is 5.75 Å². The first-order valence-electron chi connectivity index (χ1n) is 11.0. The third kappa shape index (κ3) is 9.06. The Morgan fingerprint density at radius 1 is 1.16 bits per heavy atom. The van der Waals surface area contributed by atoms with Crippen LogP contribution in [0.5, 0.6) is 5.75 Å². The molecule has 0 aliphatic carbocycles. The van der Waals surface area contributed by atoms with Crippen molar-refractivity contribution in [3.05, 3.63) is 60.2 Å². The molecule has 0 aliphatic rings. The third-order valence-electron chi connectivity index (χ3n) is 5.11. The van der Waals surface area contributed by atoms with Crippen LogP contribution in [-0.4, -0.2) is 59.7 Å². The van der Waals surface area contributed by atoms with Crippen LogP contribution in [0.25, 0.3) is 0 Å². The number of amides is 1. The Balaban J connectivity index is 2.11. The minimum absolute atomic E-state index is 0.0100. The van der Waals surface area contributed by atoms with Crippen LogP contribution < -0.4 is 10.1 Å². The van der Waals surface area contributed by atoms with Gasteiger partial charge in [0.05, 0.1) is 19.3 Å². The van der Waals surface area contributed by atoms with E-state index in [1.54, 1.807) is 30.8 Å². The van der Waals surface area contributed by atoms with Gasteiger partial charge in [0.25, 0.3) is 0 Å². The maximum absolute atomic E-state index is 12.7. The SMILES string of the molecule is CCCN(C[C@@H](O)[C@H](Cc1ccccc1)NC(=O)[C@H](C)CSC)Sc1ccc(OC)cc1. The highest BCUT2D eigenvalue weighted by Gasteiger charge is 2.26. The molecule has 7 heteroatoms.